The van der Waals surface area contributed by atoms with Crippen LogP contribution in [0.3, 0.4) is 0 Å². The number of carbonyl (C=O) groups excluding carboxylic acids is 2. The summed E-state index contributed by atoms with van der Waals surface area (Å²) in [5.74, 6) is -1.18. The van der Waals surface area contributed by atoms with Gasteiger partial charge in [-0.3, -0.25) is 23.2 Å². The van der Waals surface area contributed by atoms with Crippen LogP contribution >= 0.6 is 15.6 Å². The highest BCUT2D eigenvalue weighted by Gasteiger charge is 2.28. The first-order chi connectivity index (χ1) is 27.8. The van der Waals surface area contributed by atoms with Gasteiger partial charge in [-0.2, -0.15) is 0 Å². The Hall–Kier alpha value is -2.22. The number of ether oxygens (including phenoxy) is 2. The predicted molar refractivity (Wildman–Crippen MR) is 227 cm³/mol. The second-order valence-corrected chi connectivity index (χ2v) is 16.8. The van der Waals surface area contributed by atoms with Crippen molar-refractivity contribution in [3.63, 3.8) is 0 Å². The van der Waals surface area contributed by atoms with E-state index >= 15 is 0 Å². The molecule has 0 aliphatic rings. The molecule has 5 N–H and O–H groups in total. The largest absolute Gasteiger partial charge is 0.472 e. The molecule has 0 saturated heterocycles. The van der Waals surface area contributed by atoms with E-state index in [2.05, 4.69) is 47.2 Å². The Morgan fingerprint density at radius 2 is 1.10 bits per heavy atom. The van der Waals surface area contributed by atoms with Gasteiger partial charge in [0, 0.05) is 12.8 Å². The van der Waals surface area contributed by atoms with Crippen molar-refractivity contribution in [2.45, 2.75) is 167 Å². The Balaban J connectivity index is 4.75. The fraction of sp³-hybridized carbons (Fsp3) is 0.714. The second-order valence-electron chi connectivity index (χ2n) is 14.1. The molecule has 58 heavy (non-hydrogen) atoms. The maximum Gasteiger partial charge on any atom is 0.472 e. The minimum atomic E-state index is -4.88. The van der Waals surface area contributed by atoms with Crippen LogP contribution < -0.4 is 0 Å². The number of esters is 2. The molecule has 0 aromatic carbocycles. The van der Waals surface area contributed by atoms with Gasteiger partial charge in [-0.25, -0.2) is 9.13 Å². The van der Waals surface area contributed by atoms with Crippen molar-refractivity contribution in [2.24, 2.45) is 0 Å². The Morgan fingerprint density at radius 3 is 1.79 bits per heavy atom. The summed E-state index contributed by atoms with van der Waals surface area (Å²) in [6, 6.07) is 0. The third-order valence-electron chi connectivity index (χ3n) is 8.45. The van der Waals surface area contributed by atoms with Gasteiger partial charge in [-0.05, 0) is 70.6 Å². The zero-order valence-corrected chi connectivity index (χ0v) is 36.8. The number of aliphatic hydroxyl groups excluding tert-OH is 2. The number of phosphoric acid groups is 2. The molecule has 4 atom stereocenters. The molecular formula is C42H74O14P2. The molecule has 0 bridgehead atoms. The van der Waals surface area contributed by atoms with Crippen molar-refractivity contribution >= 4 is 27.6 Å². The van der Waals surface area contributed by atoms with Crippen molar-refractivity contribution in [1.29, 1.82) is 0 Å². The monoisotopic (exact) mass is 864 g/mol. The van der Waals surface area contributed by atoms with Crippen LogP contribution in [0.15, 0.2) is 60.8 Å². The van der Waals surface area contributed by atoms with E-state index in [-0.39, 0.29) is 12.8 Å². The highest BCUT2D eigenvalue weighted by molar-refractivity contribution is 7.47. The van der Waals surface area contributed by atoms with Crippen LogP contribution in [0.1, 0.15) is 149 Å². The van der Waals surface area contributed by atoms with Crippen LogP contribution in [-0.4, -0.2) is 81.6 Å². The summed E-state index contributed by atoms with van der Waals surface area (Å²) in [6.45, 7) is 1.52. The van der Waals surface area contributed by atoms with Crippen LogP contribution in [0.5, 0.6) is 0 Å². The van der Waals surface area contributed by atoms with Gasteiger partial charge in [-0.15, -0.1) is 0 Å². The number of unbranched alkanes of at least 4 members (excludes halogenated alkanes) is 13. The molecule has 0 aromatic heterocycles. The van der Waals surface area contributed by atoms with E-state index in [1.54, 1.807) is 18.2 Å². The molecule has 0 amide bonds. The highest BCUT2D eigenvalue weighted by atomic mass is 31.2. The van der Waals surface area contributed by atoms with E-state index in [1.165, 1.54) is 44.9 Å². The average molecular weight is 865 g/mol. The van der Waals surface area contributed by atoms with Crippen LogP contribution in [0.2, 0.25) is 0 Å². The van der Waals surface area contributed by atoms with Gasteiger partial charge in [0.05, 0.1) is 25.9 Å². The van der Waals surface area contributed by atoms with E-state index in [0.29, 0.717) is 25.7 Å². The van der Waals surface area contributed by atoms with Crippen molar-refractivity contribution in [2.75, 3.05) is 26.4 Å². The Bertz CT molecular complexity index is 1280. The normalized spacial score (nSPS) is 15.2. The summed E-state index contributed by atoms with van der Waals surface area (Å²) in [6.07, 6.45) is 35.3. The van der Waals surface area contributed by atoms with Crippen molar-refractivity contribution in [3.8, 4) is 0 Å². The highest BCUT2D eigenvalue weighted by Crippen LogP contribution is 2.43. The Labute approximate surface area is 347 Å². The summed E-state index contributed by atoms with van der Waals surface area (Å²) >= 11 is 0. The fourth-order valence-electron chi connectivity index (χ4n) is 5.18. The van der Waals surface area contributed by atoms with Gasteiger partial charge in [0.1, 0.15) is 12.7 Å². The number of carbonyl (C=O) groups is 2. The lowest BCUT2D eigenvalue weighted by atomic mass is 10.1. The Morgan fingerprint density at radius 1 is 0.569 bits per heavy atom. The molecule has 2 unspecified atom stereocenters. The SMILES string of the molecule is CCCCC/C=C\C/C=C\CC(O)/C=C\C=C\CCCC(=O)O[C@H](COC(=O)CCCCCCC/C=C\CCCCCC)COP(=O)(O)OC[C@@H](O)COP(=O)(O)O. The zero-order valence-electron chi connectivity index (χ0n) is 35.0. The lowest BCUT2D eigenvalue weighted by Crippen LogP contribution is -2.29. The molecule has 0 aliphatic heterocycles. The van der Waals surface area contributed by atoms with Gasteiger partial charge >= 0.3 is 27.6 Å². The van der Waals surface area contributed by atoms with E-state index < -0.39 is 72.3 Å². The van der Waals surface area contributed by atoms with Crippen molar-refractivity contribution < 1.29 is 66.7 Å². The third kappa shape index (κ3) is 40.6. The summed E-state index contributed by atoms with van der Waals surface area (Å²) in [5, 5.41) is 19.9. The average Bonchev–Trinajstić information content (AvgIpc) is 3.17. The number of hydrogen-bond donors (Lipinski definition) is 5. The maximum absolute atomic E-state index is 12.6. The first-order valence-corrected chi connectivity index (χ1v) is 24.1. The molecule has 0 saturated carbocycles. The summed E-state index contributed by atoms with van der Waals surface area (Å²) in [7, 11) is -9.72. The molecule has 0 radical (unpaired) electrons. The predicted octanol–water partition coefficient (Wildman–Crippen LogP) is 9.42. The summed E-state index contributed by atoms with van der Waals surface area (Å²) in [5.41, 5.74) is 0. The Kier molecular flexibility index (Phi) is 36.3. The second kappa shape index (κ2) is 37.8. The quantitative estimate of drug-likeness (QED) is 0.0128. The smallest absolute Gasteiger partial charge is 0.462 e. The molecule has 14 nitrogen and oxygen atoms in total. The first-order valence-electron chi connectivity index (χ1n) is 21.1. The molecule has 336 valence electrons. The summed E-state index contributed by atoms with van der Waals surface area (Å²) < 4.78 is 47.6. The number of hydrogen-bond acceptors (Lipinski definition) is 11. The van der Waals surface area contributed by atoms with E-state index in [1.807, 2.05) is 18.2 Å². The van der Waals surface area contributed by atoms with Gasteiger partial charge in [0.2, 0.25) is 0 Å². The molecule has 0 fully saturated rings. The first kappa shape index (κ1) is 55.8. The standard InChI is InChI=1S/C42H74O14P2/c1-3-5-7-9-11-13-14-15-16-18-20-24-28-32-41(45)52-36-40(37-55-58(50,51)54-35-39(44)34-53-57(47,48)49)56-42(46)33-29-25-21-23-27-31-38(43)30-26-22-19-17-12-10-8-6-4-2/h12-14,17,21-23,26-27,31,38-40,43-44H,3-11,15-16,18-20,24-25,28-30,32-37H2,1-2H3,(H,50,51)(H2,47,48,49)/b14-13-,17-12-,23-21+,26-22-,31-27-/t38?,39-,40+/m0/s1. The third-order valence-corrected chi connectivity index (χ3v) is 9.89. The number of aliphatic hydroxyl groups is 2. The number of allylic oxidation sites excluding steroid dienone is 8. The van der Waals surface area contributed by atoms with Crippen LogP contribution in [-0.2, 0) is 41.8 Å². The molecule has 0 heterocycles. The van der Waals surface area contributed by atoms with Crippen LogP contribution in [0, 0.1) is 0 Å². The van der Waals surface area contributed by atoms with Crippen molar-refractivity contribution in [1.82, 2.24) is 0 Å². The molecule has 0 rings (SSSR count). The van der Waals surface area contributed by atoms with Crippen molar-refractivity contribution in [3.05, 3.63) is 60.8 Å². The zero-order chi connectivity index (χ0) is 43.2. The molecule has 0 aromatic rings. The topological polar surface area (TPSA) is 216 Å². The van der Waals surface area contributed by atoms with E-state index in [4.69, 9.17) is 23.8 Å². The lowest BCUT2D eigenvalue weighted by molar-refractivity contribution is -0.161. The van der Waals surface area contributed by atoms with Gasteiger partial charge in [0.25, 0.3) is 0 Å². The molecule has 0 spiro atoms. The molecule has 0 aliphatic carbocycles. The molecule has 16 heteroatoms. The van der Waals surface area contributed by atoms with Gasteiger partial charge in [-0.1, -0.05) is 126 Å². The molecular weight excluding hydrogens is 790 g/mol. The van der Waals surface area contributed by atoms with Crippen LogP contribution in [0.4, 0.5) is 0 Å². The van der Waals surface area contributed by atoms with Gasteiger partial charge in [0.15, 0.2) is 6.10 Å². The maximum atomic E-state index is 12.6. The van der Waals surface area contributed by atoms with E-state index in [9.17, 15) is 33.8 Å². The van der Waals surface area contributed by atoms with E-state index in [0.717, 1.165) is 51.4 Å². The number of rotatable bonds is 39. The fourth-order valence-corrected chi connectivity index (χ4v) is 6.33. The number of phosphoric ester groups is 2. The summed E-state index contributed by atoms with van der Waals surface area (Å²) in [4.78, 5) is 52.6. The van der Waals surface area contributed by atoms with Gasteiger partial charge < -0.3 is 34.4 Å². The minimum absolute atomic E-state index is 0.00717. The lowest BCUT2D eigenvalue weighted by Gasteiger charge is -2.20. The minimum Gasteiger partial charge on any atom is -0.462 e. The van der Waals surface area contributed by atoms with Crippen LogP contribution in [0.25, 0.3) is 0 Å².